The number of aromatic amines is 1. The van der Waals surface area contributed by atoms with Crippen LogP contribution in [0.15, 0.2) is 53.2 Å². The number of Topliss-reactive ketones (excluding diaryl/α,β-unsaturated/α-hetero) is 1. The lowest BCUT2D eigenvalue weighted by Gasteiger charge is -2.39. The highest BCUT2D eigenvalue weighted by atomic mass is 19.1. The number of nitrogens with zero attached hydrogens (tertiary/aromatic N) is 5. The number of hydrogen-bond donors (Lipinski definition) is 2. The van der Waals surface area contributed by atoms with E-state index in [1.165, 1.54) is 23.2 Å². The summed E-state index contributed by atoms with van der Waals surface area (Å²) < 4.78 is 25.8. The number of H-pyrrole nitrogens is 1. The summed E-state index contributed by atoms with van der Waals surface area (Å²) in [7, 11) is 0. The molecule has 0 aliphatic carbocycles. The minimum Gasteiger partial charge on any atom is -0.379 e. The number of anilines is 1. The van der Waals surface area contributed by atoms with E-state index >= 15 is 4.39 Å². The largest absolute Gasteiger partial charge is 0.379 e. The number of carbonyl (C=O) groups excluding carboxylic acids is 3. The minimum atomic E-state index is -0.837. The molecule has 43 heavy (non-hydrogen) atoms. The molecule has 2 aromatic carbocycles. The number of aromatic nitrogens is 3. The molecule has 4 heterocycles. The molecule has 2 aromatic heterocycles. The van der Waals surface area contributed by atoms with Gasteiger partial charge >= 0.3 is 6.01 Å². The zero-order valence-corrected chi connectivity index (χ0v) is 23.7. The molecule has 2 N–H and O–H groups in total. The molecule has 0 spiro atoms. The van der Waals surface area contributed by atoms with Crippen molar-refractivity contribution in [3.63, 3.8) is 0 Å². The van der Waals surface area contributed by atoms with Crippen molar-refractivity contribution in [1.82, 2.24) is 29.8 Å². The van der Waals surface area contributed by atoms with Crippen LogP contribution in [0.2, 0.25) is 0 Å². The Morgan fingerprint density at radius 1 is 1.07 bits per heavy atom. The molecule has 0 bridgehead atoms. The summed E-state index contributed by atoms with van der Waals surface area (Å²) >= 11 is 0. The molecule has 0 saturated carbocycles. The molecule has 2 saturated heterocycles. The molecule has 224 valence electrons. The molecule has 12 nitrogen and oxygen atoms in total. The van der Waals surface area contributed by atoms with Crippen molar-refractivity contribution >= 4 is 34.5 Å². The molecule has 0 radical (unpaired) electrons. The van der Waals surface area contributed by atoms with Gasteiger partial charge in [-0.25, -0.2) is 4.39 Å². The number of fused-ring (bicyclic) bond motifs is 1. The Morgan fingerprint density at radius 3 is 2.63 bits per heavy atom. The highest BCUT2D eigenvalue weighted by Crippen LogP contribution is 2.31. The van der Waals surface area contributed by atoms with Crippen LogP contribution >= 0.6 is 0 Å². The molecular formula is C30H32FN7O5. The van der Waals surface area contributed by atoms with Crippen molar-refractivity contribution < 1.29 is 28.0 Å². The molecule has 4 aromatic rings. The van der Waals surface area contributed by atoms with E-state index in [2.05, 4.69) is 25.3 Å². The first kappa shape index (κ1) is 28.5. The van der Waals surface area contributed by atoms with E-state index < -0.39 is 23.5 Å². The Hall–Kier alpha value is -4.62. The van der Waals surface area contributed by atoms with Crippen molar-refractivity contribution in [1.29, 1.82) is 0 Å². The van der Waals surface area contributed by atoms with Crippen LogP contribution < -0.4 is 5.32 Å². The lowest BCUT2D eigenvalue weighted by atomic mass is 10.0. The van der Waals surface area contributed by atoms with Crippen molar-refractivity contribution in [2.45, 2.75) is 13.0 Å². The van der Waals surface area contributed by atoms with Gasteiger partial charge in [0.25, 0.3) is 17.6 Å². The fraction of sp³-hybridized carbons (Fsp3) is 0.367. The zero-order chi connectivity index (χ0) is 29.9. The van der Waals surface area contributed by atoms with Gasteiger partial charge in [-0.2, -0.15) is 4.98 Å². The molecule has 2 aliphatic rings. The lowest BCUT2D eigenvalue weighted by Crippen LogP contribution is -2.56. The van der Waals surface area contributed by atoms with Crippen LogP contribution in [-0.2, 0) is 9.53 Å². The third-order valence-electron chi connectivity index (χ3n) is 7.89. The predicted molar refractivity (Wildman–Crippen MR) is 155 cm³/mol. The quantitative estimate of drug-likeness (QED) is 0.235. The third-order valence-corrected chi connectivity index (χ3v) is 7.89. The average Bonchev–Trinajstić information content (AvgIpc) is 3.70. The van der Waals surface area contributed by atoms with E-state index in [0.717, 1.165) is 19.6 Å². The predicted octanol–water partition coefficient (Wildman–Crippen LogP) is 2.66. The summed E-state index contributed by atoms with van der Waals surface area (Å²) in [4.78, 5) is 52.4. The number of benzene rings is 2. The number of ether oxygens (including phenoxy) is 1. The molecule has 2 fully saturated rings. The maximum Gasteiger partial charge on any atom is 0.321 e. The van der Waals surface area contributed by atoms with E-state index in [1.54, 1.807) is 36.1 Å². The maximum absolute atomic E-state index is 15.1. The van der Waals surface area contributed by atoms with Gasteiger partial charge in [-0.1, -0.05) is 23.4 Å². The minimum absolute atomic E-state index is 0.0204. The summed E-state index contributed by atoms with van der Waals surface area (Å²) in [5.74, 6) is -2.17. The maximum atomic E-state index is 15.1. The van der Waals surface area contributed by atoms with E-state index in [0.29, 0.717) is 30.9 Å². The first-order valence-corrected chi connectivity index (χ1v) is 14.3. The fourth-order valence-corrected chi connectivity index (χ4v) is 5.58. The number of morpholine rings is 1. The average molecular weight is 590 g/mol. The van der Waals surface area contributed by atoms with Gasteiger partial charge in [-0.15, -0.1) is 0 Å². The molecule has 1 unspecified atom stereocenters. The molecule has 2 amide bonds. The Labute approximate surface area is 246 Å². The highest BCUT2D eigenvalue weighted by Gasteiger charge is 2.35. The molecule has 6 rings (SSSR count). The molecule has 1 atom stereocenters. The van der Waals surface area contributed by atoms with E-state index in [1.807, 2.05) is 6.07 Å². The standard InChI is InChI=1S/C30H32FN7O5/c1-19-18-37(28(40)20-5-3-2-4-6-20)11-12-38(19)29(41)26(39)22-17-33-25-21(7-8-23(31)24(22)25)27-34-30(43-35-27)32-9-10-36-13-15-42-16-14-36/h2-8,17,19,33H,9-16,18H2,1H3,(H,32,34,35). The lowest BCUT2D eigenvalue weighted by molar-refractivity contribution is -0.130. The summed E-state index contributed by atoms with van der Waals surface area (Å²) in [5.41, 5.74) is 1.19. The first-order chi connectivity index (χ1) is 20.9. The van der Waals surface area contributed by atoms with Crippen molar-refractivity contribution in [2.75, 3.05) is 64.3 Å². The monoisotopic (exact) mass is 589 g/mol. The van der Waals surface area contributed by atoms with Gasteiger partial charge in [0.05, 0.1) is 24.3 Å². The number of ketones is 1. The number of hydrogen-bond acceptors (Lipinski definition) is 9. The highest BCUT2D eigenvalue weighted by molar-refractivity contribution is 6.45. The van der Waals surface area contributed by atoms with Gasteiger partial charge in [0.1, 0.15) is 5.82 Å². The van der Waals surface area contributed by atoms with Gasteiger partial charge in [-0.05, 0) is 31.2 Å². The van der Waals surface area contributed by atoms with E-state index in [4.69, 9.17) is 9.26 Å². The normalized spacial score (nSPS) is 17.8. The second-order valence-electron chi connectivity index (χ2n) is 10.6. The fourth-order valence-electron chi connectivity index (χ4n) is 5.58. The Bertz CT molecular complexity index is 1630. The van der Waals surface area contributed by atoms with Gasteiger partial charge in [0, 0.05) is 74.6 Å². The van der Waals surface area contributed by atoms with Gasteiger partial charge < -0.3 is 29.4 Å². The number of rotatable bonds is 8. The molecular weight excluding hydrogens is 557 g/mol. The van der Waals surface area contributed by atoms with Crippen LogP contribution in [0, 0.1) is 5.82 Å². The number of carbonyl (C=O) groups is 3. The summed E-state index contributed by atoms with van der Waals surface area (Å²) in [6.45, 7) is 7.06. The zero-order valence-electron chi connectivity index (χ0n) is 23.7. The van der Waals surface area contributed by atoms with E-state index in [-0.39, 0.29) is 53.8 Å². The second kappa shape index (κ2) is 12.3. The summed E-state index contributed by atoms with van der Waals surface area (Å²) in [5, 5.41) is 7.11. The molecule has 13 heteroatoms. The van der Waals surface area contributed by atoms with Crippen LogP contribution in [0.3, 0.4) is 0 Å². The van der Waals surface area contributed by atoms with Crippen LogP contribution in [-0.4, -0.2) is 112 Å². The van der Waals surface area contributed by atoms with Crippen molar-refractivity contribution in [2.24, 2.45) is 0 Å². The third kappa shape index (κ3) is 5.86. The van der Waals surface area contributed by atoms with Gasteiger partial charge in [0.15, 0.2) is 0 Å². The van der Waals surface area contributed by atoms with Crippen LogP contribution in [0.25, 0.3) is 22.3 Å². The van der Waals surface area contributed by atoms with Crippen molar-refractivity contribution in [3.05, 3.63) is 65.6 Å². The topological polar surface area (TPSA) is 137 Å². The smallest absolute Gasteiger partial charge is 0.321 e. The number of halogens is 1. The Morgan fingerprint density at radius 2 is 1.86 bits per heavy atom. The van der Waals surface area contributed by atoms with Crippen molar-refractivity contribution in [3.8, 4) is 11.4 Å². The van der Waals surface area contributed by atoms with Crippen LogP contribution in [0.5, 0.6) is 0 Å². The Kier molecular flexibility index (Phi) is 8.16. The first-order valence-electron chi connectivity index (χ1n) is 14.3. The van der Waals surface area contributed by atoms with Gasteiger partial charge in [0.2, 0.25) is 5.82 Å². The van der Waals surface area contributed by atoms with Crippen LogP contribution in [0.4, 0.5) is 10.4 Å². The van der Waals surface area contributed by atoms with E-state index in [9.17, 15) is 14.4 Å². The van der Waals surface area contributed by atoms with Crippen LogP contribution in [0.1, 0.15) is 27.6 Å². The Balaban J connectivity index is 1.15. The number of piperazine rings is 1. The number of amides is 2. The molecule has 2 aliphatic heterocycles. The summed E-state index contributed by atoms with van der Waals surface area (Å²) in [6, 6.07) is 11.4. The second-order valence-corrected chi connectivity index (χ2v) is 10.6. The summed E-state index contributed by atoms with van der Waals surface area (Å²) in [6.07, 6.45) is 1.33. The van der Waals surface area contributed by atoms with Gasteiger partial charge in [-0.3, -0.25) is 19.3 Å². The SMILES string of the molecule is CC1CN(C(=O)c2ccccc2)CCN1C(=O)C(=O)c1c[nH]c2c(-c3noc(NCCN4CCOCC4)n3)ccc(F)c12. The number of nitrogens with one attached hydrogen (secondary N) is 2.